The van der Waals surface area contributed by atoms with Crippen LogP contribution in [0.25, 0.3) is 0 Å². The van der Waals surface area contributed by atoms with Gasteiger partial charge in [-0.15, -0.1) is 0 Å². The van der Waals surface area contributed by atoms with Crippen LogP contribution in [0.1, 0.15) is 30.1 Å². The maximum Gasteiger partial charge on any atom is 0.254 e. The van der Waals surface area contributed by atoms with Gasteiger partial charge >= 0.3 is 0 Å². The topological polar surface area (TPSA) is 88.6 Å². The third-order valence-corrected chi connectivity index (χ3v) is 4.04. The number of hydrogen-bond acceptors (Lipinski definition) is 5. The van der Waals surface area contributed by atoms with Gasteiger partial charge in [0.25, 0.3) is 5.91 Å². The molecule has 2 rings (SSSR count). The van der Waals surface area contributed by atoms with Gasteiger partial charge in [-0.05, 0) is 38.0 Å². The molecule has 1 saturated heterocycles. The fourth-order valence-electron chi connectivity index (χ4n) is 2.78. The van der Waals surface area contributed by atoms with Crippen LogP contribution >= 0.6 is 0 Å². The summed E-state index contributed by atoms with van der Waals surface area (Å²) in [5.41, 5.74) is 5.49. The number of methoxy groups -OCH3 is 1. The minimum atomic E-state index is -0.470. The van der Waals surface area contributed by atoms with Gasteiger partial charge in [-0.3, -0.25) is 4.79 Å². The van der Waals surface area contributed by atoms with Crippen molar-refractivity contribution in [2.45, 2.75) is 19.8 Å². The number of nitrogens with two attached hydrogens (primary N) is 1. The monoisotopic (exact) mass is 317 g/mol. The highest BCUT2D eigenvalue weighted by Gasteiger charge is 2.33. The van der Waals surface area contributed by atoms with E-state index < -0.39 is 5.41 Å². The number of likely N-dealkylation sites (tertiary alicyclic amines) is 1. The molecule has 2 N–H and O–H groups in total. The lowest BCUT2D eigenvalue weighted by atomic mass is 9.83. The van der Waals surface area contributed by atoms with Crippen LogP contribution in [0.5, 0.6) is 11.5 Å². The van der Waals surface area contributed by atoms with Gasteiger partial charge < -0.3 is 20.1 Å². The van der Waals surface area contributed by atoms with E-state index in [-0.39, 0.29) is 5.91 Å². The molecule has 1 aromatic rings. The molecule has 124 valence electrons. The lowest BCUT2D eigenvalue weighted by Gasteiger charge is -2.36. The summed E-state index contributed by atoms with van der Waals surface area (Å²) >= 11 is 0. The van der Waals surface area contributed by atoms with Crippen molar-refractivity contribution in [2.75, 3.05) is 33.4 Å². The Morgan fingerprint density at radius 1 is 1.48 bits per heavy atom. The molecular weight excluding hydrogens is 294 g/mol. The second-order valence-electron chi connectivity index (χ2n) is 6.01. The van der Waals surface area contributed by atoms with Crippen molar-refractivity contribution in [1.82, 2.24) is 4.90 Å². The molecule has 1 heterocycles. The van der Waals surface area contributed by atoms with E-state index in [0.717, 1.165) is 12.8 Å². The lowest BCUT2D eigenvalue weighted by molar-refractivity contribution is 0.0629. The third-order valence-electron chi connectivity index (χ3n) is 4.04. The smallest absolute Gasteiger partial charge is 0.254 e. The molecule has 0 aromatic heterocycles. The van der Waals surface area contributed by atoms with Crippen molar-refractivity contribution >= 4 is 5.91 Å². The highest BCUT2D eigenvalue weighted by atomic mass is 16.5. The number of nitrogens with zero attached hydrogens (tertiary/aromatic N) is 2. The Morgan fingerprint density at radius 2 is 2.26 bits per heavy atom. The standard InChI is InChI=1S/C17H23N3O3/c1-17(11-19)6-3-8-20(12-17)16(21)13-4-5-14(23-9-7-18)15(10-13)22-2/h4-5,10H,3,6-9,12,18H2,1-2H3/t17-/m0/s1. The van der Waals surface area contributed by atoms with Crippen molar-refractivity contribution in [2.24, 2.45) is 11.1 Å². The van der Waals surface area contributed by atoms with Crippen LogP contribution in [0.15, 0.2) is 18.2 Å². The van der Waals surface area contributed by atoms with E-state index in [1.165, 1.54) is 7.11 Å². The van der Waals surface area contributed by atoms with Gasteiger partial charge in [0, 0.05) is 25.2 Å². The van der Waals surface area contributed by atoms with E-state index in [9.17, 15) is 10.1 Å². The van der Waals surface area contributed by atoms with Crippen molar-refractivity contribution in [3.8, 4) is 17.6 Å². The second-order valence-corrected chi connectivity index (χ2v) is 6.01. The summed E-state index contributed by atoms with van der Waals surface area (Å²) < 4.78 is 10.8. The Bertz CT molecular complexity index is 612. The molecule has 6 nitrogen and oxygen atoms in total. The Labute approximate surface area is 136 Å². The van der Waals surface area contributed by atoms with Gasteiger partial charge in [-0.1, -0.05) is 0 Å². The zero-order chi connectivity index (χ0) is 16.9. The van der Waals surface area contributed by atoms with Crippen molar-refractivity contribution < 1.29 is 14.3 Å². The Morgan fingerprint density at radius 3 is 2.91 bits per heavy atom. The molecule has 0 unspecified atom stereocenters. The van der Waals surface area contributed by atoms with Crippen LogP contribution in [-0.4, -0.2) is 44.2 Å². The first-order valence-corrected chi connectivity index (χ1v) is 7.74. The Balaban J connectivity index is 2.17. The molecule has 1 aliphatic rings. The van der Waals surface area contributed by atoms with E-state index >= 15 is 0 Å². The molecule has 0 saturated carbocycles. The van der Waals surface area contributed by atoms with E-state index in [1.54, 1.807) is 23.1 Å². The van der Waals surface area contributed by atoms with E-state index in [2.05, 4.69) is 6.07 Å². The van der Waals surface area contributed by atoms with Gasteiger partial charge in [0.1, 0.15) is 6.61 Å². The molecule has 0 bridgehead atoms. The summed E-state index contributed by atoms with van der Waals surface area (Å²) in [6.45, 7) is 3.82. The molecule has 0 spiro atoms. The predicted molar refractivity (Wildman–Crippen MR) is 86.4 cm³/mol. The number of benzene rings is 1. The number of hydrogen-bond donors (Lipinski definition) is 1. The molecule has 1 aliphatic heterocycles. The number of carbonyl (C=O) groups excluding carboxylic acids is 1. The van der Waals surface area contributed by atoms with Crippen LogP contribution in [0, 0.1) is 16.7 Å². The minimum absolute atomic E-state index is 0.0881. The van der Waals surface area contributed by atoms with Crippen LogP contribution in [0.4, 0.5) is 0 Å². The van der Waals surface area contributed by atoms with Crippen LogP contribution < -0.4 is 15.2 Å². The first kappa shape index (κ1) is 17.1. The third kappa shape index (κ3) is 3.93. The van der Waals surface area contributed by atoms with Crippen molar-refractivity contribution in [3.05, 3.63) is 23.8 Å². The van der Waals surface area contributed by atoms with Gasteiger partial charge in [0.2, 0.25) is 0 Å². The fourth-order valence-corrected chi connectivity index (χ4v) is 2.78. The van der Waals surface area contributed by atoms with Crippen LogP contribution in [-0.2, 0) is 0 Å². The van der Waals surface area contributed by atoms with Gasteiger partial charge in [-0.25, -0.2) is 0 Å². The summed E-state index contributed by atoms with van der Waals surface area (Å²) in [6.07, 6.45) is 1.66. The second kappa shape index (κ2) is 7.34. The maximum absolute atomic E-state index is 12.7. The molecule has 1 fully saturated rings. The number of carbonyl (C=O) groups is 1. The lowest BCUT2D eigenvalue weighted by Crippen LogP contribution is -2.44. The number of ether oxygens (including phenoxy) is 2. The molecule has 23 heavy (non-hydrogen) atoms. The van der Waals surface area contributed by atoms with E-state index in [1.807, 2.05) is 6.92 Å². The first-order chi connectivity index (χ1) is 11.0. The molecule has 6 heteroatoms. The molecular formula is C17H23N3O3. The highest BCUT2D eigenvalue weighted by molar-refractivity contribution is 5.95. The Hall–Kier alpha value is -2.26. The predicted octanol–water partition coefficient (Wildman–Crippen LogP) is 1.80. The summed E-state index contributed by atoms with van der Waals surface area (Å²) in [7, 11) is 1.53. The number of nitriles is 1. The summed E-state index contributed by atoms with van der Waals surface area (Å²) in [5.74, 6) is 0.981. The van der Waals surface area contributed by atoms with Gasteiger partial charge in [0.15, 0.2) is 11.5 Å². The maximum atomic E-state index is 12.7. The average molecular weight is 317 g/mol. The molecule has 1 atom stereocenters. The van der Waals surface area contributed by atoms with Crippen molar-refractivity contribution in [1.29, 1.82) is 5.26 Å². The quantitative estimate of drug-likeness (QED) is 0.894. The summed E-state index contributed by atoms with van der Waals surface area (Å²) in [6, 6.07) is 7.43. The van der Waals surface area contributed by atoms with Crippen molar-refractivity contribution in [3.63, 3.8) is 0 Å². The zero-order valence-corrected chi connectivity index (χ0v) is 13.7. The fraction of sp³-hybridized carbons (Fsp3) is 0.529. The largest absolute Gasteiger partial charge is 0.493 e. The summed E-state index contributed by atoms with van der Waals surface area (Å²) in [4.78, 5) is 14.4. The Kier molecular flexibility index (Phi) is 5.45. The highest BCUT2D eigenvalue weighted by Crippen LogP contribution is 2.31. The van der Waals surface area contributed by atoms with E-state index in [0.29, 0.717) is 43.3 Å². The molecule has 0 radical (unpaired) electrons. The minimum Gasteiger partial charge on any atom is -0.493 e. The number of rotatable bonds is 5. The number of piperidine rings is 1. The van der Waals surface area contributed by atoms with E-state index in [4.69, 9.17) is 15.2 Å². The van der Waals surface area contributed by atoms with Crippen LogP contribution in [0.2, 0.25) is 0 Å². The molecule has 1 amide bonds. The average Bonchev–Trinajstić information content (AvgIpc) is 2.59. The first-order valence-electron chi connectivity index (χ1n) is 7.74. The summed E-state index contributed by atoms with van der Waals surface area (Å²) in [5, 5.41) is 9.29. The van der Waals surface area contributed by atoms with Gasteiger partial charge in [0.05, 0.1) is 18.6 Å². The molecule has 1 aromatic carbocycles. The van der Waals surface area contributed by atoms with Crippen LogP contribution in [0.3, 0.4) is 0 Å². The normalized spacial score (nSPS) is 20.7. The molecule has 0 aliphatic carbocycles. The van der Waals surface area contributed by atoms with Gasteiger partial charge in [-0.2, -0.15) is 5.26 Å². The zero-order valence-electron chi connectivity index (χ0n) is 13.7. The SMILES string of the molecule is COc1cc(C(=O)N2CCC[C@@](C)(C#N)C2)ccc1OCCN. The number of amides is 1.